The Bertz CT molecular complexity index is 1010. The zero-order valence-corrected chi connectivity index (χ0v) is 16.7. The van der Waals surface area contributed by atoms with E-state index in [1.165, 1.54) is 0 Å². The summed E-state index contributed by atoms with van der Waals surface area (Å²) >= 11 is 0. The second-order valence-electron chi connectivity index (χ2n) is 6.36. The number of nitrogens with zero attached hydrogens (tertiary/aromatic N) is 3. The molecule has 1 unspecified atom stereocenters. The molecule has 3 aromatic carbocycles. The van der Waals surface area contributed by atoms with Gasteiger partial charge in [-0.2, -0.15) is 5.10 Å². The van der Waals surface area contributed by atoms with E-state index in [0.717, 1.165) is 22.3 Å². The number of hydrogen-bond acceptors (Lipinski definition) is 4. The van der Waals surface area contributed by atoms with Crippen molar-refractivity contribution in [2.24, 2.45) is 0 Å². The van der Waals surface area contributed by atoms with Gasteiger partial charge in [0.05, 0.1) is 6.10 Å². The van der Waals surface area contributed by atoms with Crippen LogP contribution >= 0.6 is 0 Å². The molecule has 0 saturated carbocycles. The summed E-state index contributed by atoms with van der Waals surface area (Å²) in [5.41, 5.74) is 2.82. The molecule has 0 N–H and O–H groups in total. The number of para-hydroxylation sites is 2. The average molecular weight is 379 g/mol. The first kappa shape index (κ1) is 21.0. The third kappa shape index (κ3) is 5.02. The molecule has 0 radical (unpaired) electrons. The fraction of sp³-hybridized carbons (Fsp3) is 0.174. The number of fused-ring (bicyclic) bond motifs is 1. The quantitative estimate of drug-likeness (QED) is 0.347. The summed E-state index contributed by atoms with van der Waals surface area (Å²) in [4.78, 5) is 0. The molecule has 0 fully saturated rings. The predicted octanol–water partition coefficient (Wildman–Crippen LogP) is 2.02. The fourth-order valence-corrected chi connectivity index (χ4v) is 3.15. The minimum absolute atomic E-state index is 0. The molecule has 0 saturated heterocycles. The summed E-state index contributed by atoms with van der Waals surface area (Å²) in [5, 5.41) is 8.63. The number of ether oxygens (including phenoxy) is 2. The van der Waals surface area contributed by atoms with E-state index in [2.05, 4.69) is 22.4 Å². The minimum atomic E-state index is -0.145. The first-order valence-corrected chi connectivity index (χ1v) is 9.41. The fourth-order valence-electron chi connectivity index (χ4n) is 3.15. The van der Waals surface area contributed by atoms with Crippen LogP contribution in [0.3, 0.4) is 0 Å². The van der Waals surface area contributed by atoms with Crippen molar-refractivity contribution in [1.82, 2.24) is 15.0 Å². The van der Waals surface area contributed by atoms with Gasteiger partial charge in [-0.05, 0) is 31.0 Å². The number of rotatable bonds is 8. The zero-order valence-electron chi connectivity index (χ0n) is 16.7. The van der Waals surface area contributed by atoms with Crippen LogP contribution in [-0.4, -0.2) is 21.6 Å². The normalized spacial score (nSPS) is 11.6. The van der Waals surface area contributed by atoms with E-state index in [4.69, 9.17) is 9.47 Å². The van der Waals surface area contributed by atoms with Crippen molar-refractivity contribution in [2.45, 2.75) is 19.4 Å². The molecular formula is C23H22LiN3O2. The second-order valence-corrected chi connectivity index (χ2v) is 6.36. The van der Waals surface area contributed by atoms with E-state index in [0.29, 0.717) is 19.3 Å². The van der Waals surface area contributed by atoms with Gasteiger partial charge < -0.3 is 14.2 Å². The first-order chi connectivity index (χ1) is 13.8. The zero-order chi connectivity index (χ0) is 19.2. The molecule has 6 heteroatoms. The Balaban J connectivity index is 0.00000240. The van der Waals surface area contributed by atoms with Gasteiger partial charge in [-0.25, -0.2) is 0 Å². The van der Waals surface area contributed by atoms with Gasteiger partial charge in [-0.3, -0.25) is 0 Å². The van der Waals surface area contributed by atoms with Crippen LogP contribution in [0, 0.1) is 6.23 Å². The molecule has 0 aliphatic rings. The third-order valence-corrected chi connectivity index (χ3v) is 4.47. The standard InChI is InChI=1S/C23H22N3O2.Li/c1-2-27-22(18-11-5-3-6-12-18)17-23(28-19-13-7-4-8-14-19)26-21-16-10-9-15-20(21)24-25-26;/h3-16,22H,2,17H2,1H3;/q-1;+1. The molecule has 0 bridgehead atoms. The molecule has 0 amide bonds. The molecule has 1 aromatic heterocycles. The Hall–Kier alpha value is -2.71. The van der Waals surface area contributed by atoms with E-state index in [1.807, 2.05) is 79.7 Å². The van der Waals surface area contributed by atoms with Gasteiger partial charge in [0, 0.05) is 18.4 Å². The maximum atomic E-state index is 6.26. The van der Waals surface area contributed by atoms with Crippen molar-refractivity contribution in [1.29, 1.82) is 0 Å². The molecule has 0 spiro atoms. The molecule has 142 valence electrons. The largest absolute Gasteiger partial charge is 1.00 e. The predicted molar refractivity (Wildman–Crippen MR) is 109 cm³/mol. The third-order valence-electron chi connectivity index (χ3n) is 4.47. The average Bonchev–Trinajstić information content (AvgIpc) is 3.18. The SMILES string of the molecule is CCOC(C[C-](Oc1ccccc1)n1nnc2ccccc21)c1ccccc1.[Li+]. The molecule has 0 aliphatic carbocycles. The molecular weight excluding hydrogens is 357 g/mol. The molecule has 4 rings (SSSR count). The topological polar surface area (TPSA) is 49.2 Å². The van der Waals surface area contributed by atoms with Gasteiger partial charge in [0.1, 0.15) is 5.75 Å². The summed E-state index contributed by atoms with van der Waals surface area (Å²) < 4.78 is 14.1. The summed E-state index contributed by atoms with van der Waals surface area (Å²) in [6.07, 6.45) is 1.05. The Morgan fingerprint density at radius 2 is 1.55 bits per heavy atom. The van der Waals surface area contributed by atoms with E-state index in [-0.39, 0.29) is 25.0 Å². The molecule has 1 atom stereocenters. The maximum absolute atomic E-state index is 6.26. The van der Waals surface area contributed by atoms with Crippen molar-refractivity contribution >= 4 is 11.0 Å². The van der Waals surface area contributed by atoms with E-state index < -0.39 is 0 Å². The van der Waals surface area contributed by atoms with Crippen molar-refractivity contribution in [3.05, 3.63) is 96.7 Å². The van der Waals surface area contributed by atoms with E-state index >= 15 is 0 Å². The monoisotopic (exact) mass is 379 g/mol. The van der Waals surface area contributed by atoms with Crippen LogP contribution in [0.25, 0.3) is 11.0 Å². The van der Waals surface area contributed by atoms with Gasteiger partial charge in [-0.1, -0.05) is 77.5 Å². The molecule has 0 aliphatic heterocycles. The Morgan fingerprint density at radius 3 is 2.28 bits per heavy atom. The van der Waals surface area contributed by atoms with Crippen LogP contribution in [0.4, 0.5) is 0 Å². The summed E-state index contributed by atoms with van der Waals surface area (Å²) in [6, 6.07) is 27.7. The molecule has 5 nitrogen and oxygen atoms in total. The Morgan fingerprint density at radius 1 is 0.897 bits per heavy atom. The van der Waals surface area contributed by atoms with Crippen LogP contribution in [0.5, 0.6) is 5.75 Å². The maximum Gasteiger partial charge on any atom is 1.00 e. The van der Waals surface area contributed by atoms with Gasteiger partial charge in [-0.15, -0.1) is 6.07 Å². The van der Waals surface area contributed by atoms with E-state index in [9.17, 15) is 0 Å². The molecule has 29 heavy (non-hydrogen) atoms. The molecule has 1 heterocycles. The van der Waals surface area contributed by atoms with E-state index in [1.54, 1.807) is 4.68 Å². The Labute approximate surface area is 182 Å². The van der Waals surface area contributed by atoms with Gasteiger partial charge in [0.15, 0.2) is 0 Å². The number of hydrogen-bond donors (Lipinski definition) is 0. The van der Waals surface area contributed by atoms with Crippen molar-refractivity contribution < 1.29 is 28.3 Å². The van der Waals surface area contributed by atoms with Crippen LogP contribution in [0.15, 0.2) is 84.9 Å². The first-order valence-electron chi connectivity index (χ1n) is 9.41. The van der Waals surface area contributed by atoms with Gasteiger partial charge in [0.2, 0.25) is 0 Å². The minimum Gasteiger partial charge on any atom is -0.531 e. The van der Waals surface area contributed by atoms with Crippen LogP contribution in [-0.2, 0) is 4.74 Å². The summed E-state index contributed by atoms with van der Waals surface area (Å²) in [7, 11) is 0. The number of aromatic nitrogens is 3. The summed E-state index contributed by atoms with van der Waals surface area (Å²) in [5.74, 6) is 0.750. The van der Waals surface area contributed by atoms with Crippen LogP contribution < -0.4 is 23.6 Å². The number of benzene rings is 3. The van der Waals surface area contributed by atoms with Crippen LogP contribution in [0.1, 0.15) is 25.0 Å². The second kappa shape index (κ2) is 10.2. The smallest absolute Gasteiger partial charge is 0.531 e. The van der Waals surface area contributed by atoms with Crippen molar-refractivity contribution in [2.75, 3.05) is 6.61 Å². The summed E-state index contributed by atoms with van der Waals surface area (Å²) in [6.45, 7) is 2.61. The van der Waals surface area contributed by atoms with Crippen molar-refractivity contribution in [3.8, 4) is 5.75 Å². The van der Waals surface area contributed by atoms with Gasteiger partial charge >= 0.3 is 18.9 Å². The van der Waals surface area contributed by atoms with Crippen molar-refractivity contribution in [3.63, 3.8) is 0 Å². The molecule has 4 aromatic rings. The Kier molecular flexibility index (Phi) is 7.37. The van der Waals surface area contributed by atoms with Crippen LogP contribution in [0.2, 0.25) is 0 Å². The van der Waals surface area contributed by atoms with Gasteiger partial charge in [0.25, 0.3) is 0 Å².